The number of hydrogen-bond donors (Lipinski definition) is 1. The Morgan fingerprint density at radius 1 is 1.35 bits per heavy atom. The van der Waals surface area contributed by atoms with Gasteiger partial charge in [-0.3, -0.25) is 5.10 Å². The molecule has 9 heteroatoms. The van der Waals surface area contributed by atoms with E-state index >= 15 is 0 Å². The number of aromatic nitrogens is 3. The van der Waals surface area contributed by atoms with Gasteiger partial charge in [0.05, 0.1) is 26.7 Å². The molecule has 0 bridgehead atoms. The summed E-state index contributed by atoms with van der Waals surface area (Å²) in [5, 5.41) is 4.47. The number of hydrogen-bond acceptors (Lipinski definition) is 5. The van der Waals surface area contributed by atoms with Crippen molar-refractivity contribution >= 4 is 10.2 Å². The summed E-state index contributed by atoms with van der Waals surface area (Å²) in [5.41, 5.74) is 0. The molecular formula is C11H24FN4O3S+. The number of rotatable bonds is 6. The van der Waals surface area contributed by atoms with E-state index in [4.69, 9.17) is 4.74 Å². The molecule has 118 valence electrons. The maximum atomic E-state index is 12.0. The minimum atomic E-state index is -4.74. The van der Waals surface area contributed by atoms with E-state index in [1.165, 1.54) is 20.0 Å². The molecule has 1 N–H and O–H groups in total. The molecule has 0 radical (unpaired) electrons. The average molecular weight is 311 g/mol. The van der Waals surface area contributed by atoms with Crippen molar-refractivity contribution in [2.45, 2.75) is 25.9 Å². The fraction of sp³-hybridized carbons (Fsp3) is 0.818. The Kier molecular flexibility index (Phi) is 7.84. The molecule has 20 heavy (non-hydrogen) atoms. The van der Waals surface area contributed by atoms with Crippen molar-refractivity contribution in [3.05, 3.63) is 5.82 Å². The molecule has 1 heterocycles. The molecule has 0 aliphatic heterocycles. The number of nitrogens with zero attached hydrogens (tertiary/aromatic N) is 3. The molecule has 0 atom stereocenters. The summed E-state index contributed by atoms with van der Waals surface area (Å²) in [6.07, 6.45) is 0. The number of quaternary nitrogens is 1. The highest BCUT2D eigenvalue weighted by Gasteiger charge is 2.16. The Morgan fingerprint density at radius 2 is 1.90 bits per heavy atom. The van der Waals surface area contributed by atoms with Gasteiger partial charge in [-0.05, 0) is 20.8 Å². The molecule has 0 aromatic carbocycles. The monoisotopic (exact) mass is 311 g/mol. The number of H-pyrrole nitrogens is 1. The van der Waals surface area contributed by atoms with Gasteiger partial charge in [-0.15, -0.1) is 5.10 Å². The lowest BCUT2D eigenvalue weighted by Gasteiger charge is -2.31. The second kappa shape index (κ2) is 8.28. The maximum absolute atomic E-state index is 12.0. The number of halogens is 1. The first-order chi connectivity index (χ1) is 9.18. The minimum absolute atomic E-state index is 0.260. The fourth-order valence-electron chi connectivity index (χ4n) is 1.28. The van der Waals surface area contributed by atoms with Crippen molar-refractivity contribution in [3.8, 4) is 0 Å². The number of nitrogens with one attached hydrogen (secondary N) is 1. The third-order valence-electron chi connectivity index (χ3n) is 3.16. The summed E-state index contributed by atoms with van der Waals surface area (Å²) in [4.78, 5) is 3.25. The summed E-state index contributed by atoms with van der Waals surface area (Å²) in [7, 11) is -0.713. The summed E-state index contributed by atoms with van der Waals surface area (Å²) < 4.78 is 38.2. The normalized spacial score (nSPS) is 11.9. The zero-order valence-electron chi connectivity index (χ0n) is 12.7. The topological polar surface area (TPSA) is 84.9 Å². The van der Waals surface area contributed by atoms with Crippen LogP contribution in [-0.4, -0.2) is 68.5 Å². The van der Waals surface area contributed by atoms with Crippen LogP contribution in [0.15, 0.2) is 5.16 Å². The van der Waals surface area contributed by atoms with Crippen LogP contribution in [0.1, 0.15) is 19.7 Å². The van der Waals surface area contributed by atoms with E-state index in [2.05, 4.69) is 36.1 Å². The molecular weight excluding hydrogens is 287 g/mol. The van der Waals surface area contributed by atoms with Crippen LogP contribution in [0.25, 0.3) is 0 Å². The standard InChI is InChI=1S/C8H20NO.C3H4FN3O2S/c1-5-9(3,6-2)7-8-10-4;1-2-5-3(7-6-2)10(4,8)9/h5-8H2,1-4H3;1H3,(H,5,6,7)/q+1;. The lowest BCUT2D eigenvalue weighted by molar-refractivity contribution is -0.906. The Bertz CT molecular complexity index is 486. The van der Waals surface area contributed by atoms with Gasteiger partial charge in [0.2, 0.25) is 0 Å². The van der Waals surface area contributed by atoms with Crippen molar-refractivity contribution in [1.29, 1.82) is 0 Å². The largest absolute Gasteiger partial charge is 0.379 e. The van der Waals surface area contributed by atoms with E-state index < -0.39 is 15.4 Å². The molecule has 0 saturated carbocycles. The van der Waals surface area contributed by atoms with E-state index in [0.29, 0.717) is 0 Å². The third kappa shape index (κ3) is 6.92. The Labute approximate surface area is 120 Å². The molecule has 0 amide bonds. The van der Waals surface area contributed by atoms with Crippen molar-refractivity contribution < 1.29 is 21.5 Å². The Balaban J connectivity index is 0.000000361. The summed E-state index contributed by atoms with van der Waals surface area (Å²) >= 11 is 0. The Morgan fingerprint density at radius 3 is 2.15 bits per heavy atom. The molecule has 1 aromatic heterocycles. The SMILES string of the molecule is CC[N+](C)(CC)CCOC.Cc1nc(S(=O)(=O)F)n[nH]1. The number of aromatic amines is 1. The van der Waals surface area contributed by atoms with Gasteiger partial charge in [0.1, 0.15) is 12.4 Å². The zero-order chi connectivity index (χ0) is 15.8. The van der Waals surface area contributed by atoms with Gasteiger partial charge in [0.25, 0.3) is 5.16 Å². The molecule has 1 rings (SSSR count). The highest BCUT2D eigenvalue weighted by Crippen LogP contribution is 2.03. The summed E-state index contributed by atoms with van der Waals surface area (Å²) in [6.45, 7) is 10.3. The minimum Gasteiger partial charge on any atom is -0.379 e. The van der Waals surface area contributed by atoms with E-state index in [-0.39, 0.29) is 5.82 Å². The molecule has 1 aromatic rings. The van der Waals surface area contributed by atoms with Gasteiger partial charge in [-0.1, -0.05) is 3.89 Å². The first kappa shape index (κ1) is 18.9. The van der Waals surface area contributed by atoms with Crippen LogP contribution < -0.4 is 0 Å². The van der Waals surface area contributed by atoms with Crippen LogP contribution in [0.5, 0.6) is 0 Å². The third-order valence-corrected chi connectivity index (χ3v) is 3.78. The lowest BCUT2D eigenvalue weighted by Crippen LogP contribution is -2.45. The smallest absolute Gasteiger partial charge is 0.369 e. The maximum Gasteiger partial charge on any atom is 0.369 e. The highest BCUT2D eigenvalue weighted by atomic mass is 32.3. The van der Waals surface area contributed by atoms with Crippen molar-refractivity contribution in [2.75, 3.05) is 40.4 Å². The quantitative estimate of drug-likeness (QED) is 0.623. The first-order valence-electron chi connectivity index (χ1n) is 6.34. The molecule has 7 nitrogen and oxygen atoms in total. The second-order valence-corrected chi connectivity index (χ2v) is 5.85. The van der Waals surface area contributed by atoms with Crippen LogP contribution >= 0.6 is 0 Å². The highest BCUT2D eigenvalue weighted by molar-refractivity contribution is 7.86. The van der Waals surface area contributed by atoms with Crippen molar-refractivity contribution in [1.82, 2.24) is 15.2 Å². The molecule has 0 unspecified atom stereocenters. The summed E-state index contributed by atoms with van der Waals surface area (Å²) in [6, 6.07) is 0. The molecule has 0 fully saturated rings. The van der Waals surface area contributed by atoms with Gasteiger partial charge in [0.15, 0.2) is 0 Å². The van der Waals surface area contributed by atoms with E-state index in [0.717, 1.165) is 17.6 Å². The van der Waals surface area contributed by atoms with E-state index in [1.54, 1.807) is 7.11 Å². The average Bonchev–Trinajstić information content (AvgIpc) is 2.83. The van der Waals surface area contributed by atoms with Crippen LogP contribution in [0.2, 0.25) is 0 Å². The van der Waals surface area contributed by atoms with Gasteiger partial charge in [0, 0.05) is 7.11 Å². The van der Waals surface area contributed by atoms with Gasteiger partial charge >= 0.3 is 10.2 Å². The van der Waals surface area contributed by atoms with Gasteiger partial charge in [-0.25, -0.2) is 4.98 Å². The first-order valence-corrected chi connectivity index (χ1v) is 7.73. The van der Waals surface area contributed by atoms with E-state index in [9.17, 15) is 12.3 Å². The van der Waals surface area contributed by atoms with E-state index in [1.807, 2.05) is 0 Å². The van der Waals surface area contributed by atoms with Crippen molar-refractivity contribution in [2.24, 2.45) is 0 Å². The second-order valence-electron chi connectivity index (χ2n) is 4.61. The molecule has 0 saturated heterocycles. The number of ether oxygens (including phenoxy) is 1. The number of methoxy groups -OCH3 is 1. The lowest BCUT2D eigenvalue weighted by atomic mass is 10.4. The number of likely N-dealkylation sites (N-methyl/N-ethyl adjacent to an activating group) is 1. The number of aryl methyl sites for hydroxylation is 1. The van der Waals surface area contributed by atoms with Crippen LogP contribution in [0, 0.1) is 6.92 Å². The summed E-state index contributed by atoms with van der Waals surface area (Å²) in [5.74, 6) is 0.260. The van der Waals surface area contributed by atoms with Gasteiger partial charge in [-0.2, -0.15) is 8.42 Å². The molecule has 0 spiro atoms. The fourth-order valence-corrected chi connectivity index (χ4v) is 1.68. The van der Waals surface area contributed by atoms with Crippen LogP contribution in [0.3, 0.4) is 0 Å². The molecule has 0 aliphatic carbocycles. The van der Waals surface area contributed by atoms with Crippen molar-refractivity contribution in [3.63, 3.8) is 0 Å². The van der Waals surface area contributed by atoms with Crippen LogP contribution in [-0.2, 0) is 15.0 Å². The predicted molar refractivity (Wildman–Crippen MR) is 73.4 cm³/mol. The predicted octanol–water partition coefficient (Wildman–Crippen LogP) is 0.891. The Hall–Kier alpha value is -1.06. The zero-order valence-corrected chi connectivity index (χ0v) is 13.5. The van der Waals surface area contributed by atoms with Gasteiger partial charge < -0.3 is 9.22 Å². The van der Waals surface area contributed by atoms with Crippen LogP contribution in [0.4, 0.5) is 3.89 Å². The molecule has 0 aliphatic rings.